The summed E-state index contributed by atoms with van der Waals surface area (Å²) in [4.78, 5) is 10.7. The largest absolute Gasteiger partial charge is 0.365 e. The fraction of sp³-hybridized carbons (Fsp3) is 0.667. The molecule has 0 saturated carbocycles. The highest BCUT2D eigenvalue weighted by Crippen LogP contribution is 2.12. The predicted molar refractivity (Wildman–Crippen MR) is 45.4 cm³/mol. The number of hydrogen-bond acceptors (Lipinski definition) is 2. The number of terminal acetylenes is 1. The van der Waals surface area contributed by atoms with Gasteiger partial charge in [-0.2, -0.15) is 0 Å². The maximum atomic E-state index is 10.7. The van der Waals surface area contributed by atoms with E-state index in [1.54, 1.807) is 0 Å². The Labute approximate surface area is 72.5 Å². The van der Waals surface area contributed by atoms with Gasteiger partial charge in [0.25, 0.3) is 0 Å². The number of hydrogen-bond donors (Lipinski definition) is 1. The molecule has 1 saturated heterocycles. The minimum Gasteiger partial charge on any atom is -0.365 e. The molecule has 1 N–H and O–H groups in total. The summed E-state index contributed by atoms with van der Waals surface area (Å²) >= 11 is 0. The molecule has 1 aliphatic rings. The van der Waals surface area contributed by atoms with Gasteiger partial charge in [-0.05, 0) is 6.42 Å². The van der Waals surface area contributed by atoms with Crippen molar-refractivity contribution in [2.45, 2.75) is 31.9 Å². The smallest absolute Gasteiger partial charge is 0.217 e. The van der Waals surface area contributed by atoms with Gasteiger partial charge >= 0.3 is 0 Å². The first-order chi connectivity index (χ1) is 5.72. The van der Waals surface area contributed by atoms with Crippen LogP contribution in [0.1, 0.15) is 19.8 Å². The van der Waals surface area contributed by atoms with Gasteiger partial charge in [-0.25, -0.2) is 0 Å². The van der Waals surface area contributed by atoms with E-state index in [4.69, 9.17) is 11.2 Å². The molecule has 0 aromatic carbocycles. The van der Waals surface area contributed by atoms with Crippen LogP contribution in [0.4, 0.5) is 0 Å². The maximum absolute atomic E-state index is 10.7. The minimum absolute atomic E-state index is 0.00216. The summed E-state index contributed by atoms with van der Waals surface area (Å²) in [6.45, 7) is 2.15. The van der Waals surface area contributed by atoms with Crippen molar-refractivity contribution in [2.24, 2.45) is 0 Å². The lowest BCUT2D eigenvalue weighted by atomic mass is 10.0. The molecule has 0 aromatic rings. The standard InChI is InChI=1S/C9H13NO2/c1-3-9-6-8(4-5-12-9)10-7(2)11/h1,8-9H,4-6H2,2H3,(H,10,11)/t8-,9+/m0/s1. The van der Waals surface area contributed by atoms with Gasteiger partial charge in [-0.15, -0.1) is 6.42 Å². The fourth-order valence-electron chi connectivity index (χ4n) is 1.33. The lowest BCUT2D eigenvalue weighted by Crippen LogP contribution is -2.40. The van der Waals surface area contributed by atoms with Crippen molar-refractivity contribution in [1.82, 2.24) is 5.32 Å². The maximum Gasteiger partial charge on any atom is 0.217 e. The van der Waals surface area contributed by atoms with Crippen molar-refractivity contribution in [1.29, 1.82) is 0 Å². The fourth-order valence-corrected chi connectivity index (χ4v) is 1.33. The third kappa shape index (κ3) is 2.55. The first-order valence-electron chi connectivity index (χ1n) is 4.07. The number of nitrogens with one attached hydrogen (secondary N) is 1. The van der Waals surface area contributed by atoms with E-state index in [2.05, 4.69) is 11.2 Å². The average molecular weight is 167 g/mol. The van der Waals surface area contributed by atoms with E-state index in [-0.39, 0.29) is 18.1 Å². The Morgan fingerprint density at radius 3 is 3.08 bits per heavy atom. The van der Waals surface area contributed by atoms with Crippen LogP contribution < -0.4 is 5.32 Å². The van der Waals surface area contributed by atoms with E-state index in [0.29, 0.717) is 6.61 Å². The summed E-state index contributed by atoms with van der Waals surface area (Å²) < 4.78 is 5.25. The Balaban J connectivity index is 2.36. The zero-order valence-electron chi connectivity index (χ0n) is 7.17. The second-order valence-corrected chi connectivity index (χ2v) is 2.95. The third-order valence-electron chi connectivity index (χ3n) is 1.88. The van der Waals surface area contributed by atoms with Crippen LogP contribution in [0.3, 0.4) is 0 Å². The molecule has 0 spiro atoms. The Hall–Kier alpha value is -1.01. The van der Waals surface area contributed by atoms with E-state index in [9.17, 15) is 4.79 Å². The Morgan fingerprint density at radius 1 is 1.75 bits per heavy atom. The molecule has 66 valence electrons. The SMILES string of the molecule is C#C[C@@H]1C[C@@H](NC(C)=O)CCO1. The van der Waals surface area contributed by atoms with Crippen LogP contribution in [0.25, 0.3) is 0 Å². The summed E-state index contributed by atoms with van der Waals surface area (Å²) in [5.74, 6) is 2.53. The van der Waals surface area contributed by atoms with Crippen molar-refractivity contribution >= 4 is 5.91 Å². The van der Waals surface area contributed by atoms with Crippen LogP contribution in [0.15, 0.2) is 0 Å². The van der Waals surface area contributed by atoms with Crippen LogP contribution in [-0.2, 0) is 9.53 Å². The molecule has 0 unspecified atom stereocenters. The second-order valence-electron chi connectivity index (χ2n) is 2.95. The van der Waals surface area contributed by atoms with E-state index >= 15 is 0 Å². The second kappa shape index (κ2) is 4.13. The van der Waals surface area contributed by atoms with Crippen LogP contribution in [-0.4, -0.2) is 24.7 Å². The van der Waals surface area contributed by atoms with Crippen molar-refractivity contribution in [3.63, 3.8) is 0 Å². The first kappa shape index (κ1) is 9.08. The normalized spacial score (nSPS) is 29.0. The van der Waals surface area contributed by atoms with Crippen LogP contribution in [0, 0.1) is 12.3 Å². The van der Waals surface area contributed by atoms with E-state index in [1.165, 1.54) is 6.92 Å². The van der Waals surface area contributed by atoms with Crippen LogP contribution in [0.2, 0.25) is 0 Å². The van der Waals surface area contributed by atoms with Gasteiger partial charge in [0.1, 0.15) is 6.10 Å². The summed E-state index contributed by atoms with van der Waals surface area (Å²) in [7, 11) is 0. The molecule has 0 aliphatic carbocycles. The molecule has 1 heterocycles. The topological polar surface area (TPSA) is 38.3 Å². The molecule has 2 atom stereocenters. The Morgan fingerprint density at radius 2 is 2.50 bits per heavy atom. The molecule has 12 heavy (non-hydrogen) atoms. The average Bonchev–Trinajstić information content (AvgIpc) is 2.03. The number of amides is 1. The van der Waals surface area contributed by atoms with Gasteiger partial charge in [-0.3, -0.25) is 4.79 Å². The zero-order valence-corrected chi connectivity index (χ0v) is 7.17. The van der Waals surface area contributed by atoms with Gasteiger partial charge in [-0.1, -0.05) is 5.92 Å². The molecule has 3 nitrogen and oxygen atoms in total. The van der Waals surface area contributed by atoms with Crippen molar-refractivity contribution in [3.8, 4) is 12.3 Å². The summed E-state index contributed by atoms with van der Waals surface area (Å²) in [6, 6.07) is 0.192. The number of carbonyl (C=O) groups is 1. The van der Waals surface area contributed by atoms with Gasteiger partial charge < -0.3 is 10.1 Å². The molecule has 1 fully saturated rings. The van der Waals surface area contributed by atoms with Crippen molar-refractivity contribution in [3.05, 3.63) is 0 Å². The van der Waals surface area contributed by atoms with Crippen LogP contribution >= 0.6 is 0 Å². The highest BCUT2D eigenvalue weighted by atomic mass is 16.5. The van der Waals surface area contributed by atoms with Gasteiger partial charge in [0.2, 0.25) is 5.91 Å². The van der Waals surface area contributed by atoms with E-state index < -0.39 is 0 Å². The zero-order chi connectivity index (χ0) is 8.97. The predicted octanol–water partition coefficient (Wildman–Crippen LogP) is 0.303. The molecule has 3 heteroatoms. The summed E-state index contributed by atoms with van der Waals surface area (Å²) in [5, 5.41) is 2.83. The van der Waals surface area contributed by atoms with E-state index in [0.717, 1.165) is 12.8 Å². The Kier molecular flexibility index (Phi) is 3.12. The number of rotatable bonds is 1. The molecular formula is C9H13NO2. The highest BCUT2D eigenvalue weighted by molar-refractivity contribution is 5.73. The summed E-state index contributed by atoms with van der Waals surface area (Å²) in [5.41, 5.74) is 0. The lowest BCUT2D eigenvalue weighted by Gasteiger charge is -2.26. The molecule has 0 aromatic heterocycles. The van der Waals surface area contributed by atoms with E-state index in [1.807, 2.05) is 0 Å². The highest BCUT2D eigenvalue weighted by Gasteiger charge is 2.20. The van der Waals surface area contributed by atoms with Gasteiger partial charge in [0.05, 0.1) is 6.61 Å². The third-order valence-corrected chi connectivity index (χ3v) is 1.88. The van der Waals surface area contributed by atoms with Gasteiger partial charge in [0.15, 0.2) is 0 Å². The van der Waals surface area contributed by atoms with Crippen molar-refractivity contribution < 1.29 is 9.53 Å². The number of ether oxygens (including phenoxy) is 1. The molecular weight excluding hydrogens is 154 g/mol. The molecule has 1 rings (SSSR count). The first-order valence-corrected chi connectivity index (χ1v) is 4.07. The molecule has 1 amide bonds. The monoisotopic (exact) mass is 167 g/mol. The van der Waals surface area contributed by atoms with Crippen molar-refractivity contribution in [2.75, 3.05) is 6.61 Å². The Bertz CT molecular complexity index is 207. The minimum atomic E-state index is -0.129. The quantitative estimate of drug-likeness (QED) is 0.570. The van der Waals surface area contributed by atoms with Gasteiger partial charge in [0, 0.05) is 19.4 Å². The molecule has 1 aliphatic heterocycles. The molecule has 0 radical (unpaired) electrons. The number of carbonyl (C=O) groups excluding carboxylic acids is 1. The summed E-state index contributed by atoms with van der Waals surface area (Å²) in [6.07, 6.45) is 6.67. The lowest BCUT2D eigenvalue weighted by molar-refractivity contribution is -0.120. The van der Waals surface area contributed by atoms with Crippen LogP contribution in [0.5, 0.6) is 0 Å². The molecule has 0 bridgehead atoms.